The Labute approximate surface area is 197 Å². The number of anilines is 1. The molecule has 0 spiro atoms. The van der Waals surface area contributed by atoms with Crippen molar-refractivity contribution in [2.45, 2.75) is 51.9 Å². The summed E-state index contributed by atoms with van der Waals surface area (Å²) in [6.45, 7) is 6.55. The zero-order chi connectivity index (χ0) is 22.8. The van der Waals surface area contributed by atoms with Crippen LogP contribution in [0.15, 0.2) is 51.4 Å². The summed E-state index contributed by atoms with van der Waals surface area (Å²) in [5.41, 5.74) is 4.34. The van der Waals surface area contributed by atoms with Crippen molar-refractivity contribution < 1.29 is 18.7 Å². The monoisotopic (exact) mass is 497 g/mol. The molecular formula is C26H28BrNO4. The summed E-state index contributed by atoms with van der Waals surface area (Å²) >= 11 is 3.46. The number of methoxy groups -OCH3 is 1. The number of para-hydroxylation sites is 1. The molecule has 4 rings (SSSR count). The second-order valence-corrected chi connectivity index (χ2v) is 9.17. The molecule has 32 heavy (non-hydrogen) atoms. The molecule has 168 valence electrons. The number of hydrogen-bond acceptors (Lipinski definition) is 4. The third-order valence-electron chi connectivity index (χ3n) is 6.19. The van der Waals surface area contributed by atoms with Crippen LogP contribution >= 0.6 is 15.9 Å². The Morgan fingerprint density at radius 3 is 2.59 bits per heavy atom. The zero-order valence-corrected chi connectivity index (χ0v) is 20.4. The molecular weight excluding hydrogens is 470 g/mol. The minimum Gasteiger partial charge on any atom is -0.495 e. The third kappa shape index (κ3) is 4.42. The first-order valence-corrected chi connectivity index (χ1v) is 11.8. The van der Waals surface area contributed by atoms with Crippen molar-refractivity contribution in [1.82, 2.24) is 0 Å². The van der Waals surface area contributed by atoms with Gasteiger partial charge in [-0.2, -0.15) is 0 Å². The topological polar surface area (TPSA) is 60.7 Å². The molecule has 1 N–H and O–H groups in total. The molecule has 3 aromatic rings. The molecule has 0 saturated heterocycles. The number of amides is 1. The number of furan rings is 1. The molecule has 0 radical (unpaired) electrons. The Balaban J connectivity index is 1.55. The fourth-order valence-corrected chi connectivity index (χ4v) is 4.67. The molecule has 2 unspecified atom stereocenters. The van der Waals surface area contributed by atoms with Gasteiger partial charge in [0.15, 0.2) is 5.76 Å². The predicted octanol–water partition coefficient (Wildman–Crippen LogP) is 7.66. The number of benzene rings is 2. The smallest absolute Gasteiger partial charge is 0.305 e. The molecule has 6 heteroatoms. The summed E-state index contributed by atoms with van der Waals surface area (Å²) in [6.07, 6.45) is 3.15. The number of rotatable bonds is 6. The molecule has 0 fully saturated rings. The van der Waals surface area contributed by atoms with Crippen molar-refractivity contribution >= 4 is 27.5 Å². The number of ether oxygens (including phenoxy) is 2. The van der Waals surface area contributed by atoms with Crippen molar-refractivity contribution in [1.29, 1.82) is 0 Å². The van der Waals surface area contributed by atoms with Gasteiger partial charge in [0.25, 0.3) is 5.91 Å². The largest absolute Gasteiger partial charge is 0.495 e. The maximum Gasteiger partial charge on any atom is 0.305 e. The van der Waals surface area contributed by atoms with Gasteiger partial charge in [-0.25, -0.2) is 0 Å². The average Bonchev–Trinajstić information content (AvgIpc) is 3.16. The number of carbonyl (C=O) groups excluding carboxylic acids is 1. The minimum absolute atomic E-state index is 0.153. The molecule has 1 aliphatic rings. The molecule has 1 heterocycles. The highest BCUT2D eigenvalue weighted by molar-refractivity contribution is 9.10. The Hall–Kier alpha value is -2.73. The van der Waals surface area contributed by atoms with E-state index in [2.05, 4.69) is 47.2 Å². The van der Waals surface area contributed by atoms with E-state index < -0.39 is 0 Å². The molecule has 1 amide bonds. The lowest BCUT2D eigenvalue weighted by Gasteiger charge is -2.27. The van der Waals surface area contributed by atoms with Gasteiger partial charge in [-0.1, -0.05) is 39.0 Å². The molecule has 1 aromatic heterocycles. The first-order chi connectivity index (χ1) is 15.4. The Bertz CT molecular complexity index is 1110. The van der Waals surface area contributed by atoms with E-state index in [0.29, 0.717) is 33.5 Å². The third-order valence-corrected chi connectivity index (χ3v) is 6.75. The average molecular weight is 498 g/mol. The minimum atomic E-state index is -0.368. The number of halogens is 1. The predicted molar refractivity (Wildman–Crippen MR) is 129 cm³/mol. The van der Waals surface area contributed by atoms with E-state index in [1.165, 1.54) is 24.0 Å². The van der Waals surface area contributed by atoms with Gasteiger partial charge in [0.1, 0.15) is 16.0 Å². The maximum absolute atomic E-state index is 12.9. The van der Waals surface area contributed by atoms with Crippen molar-refractivity contribution in [2.24, 2.45) is 0 Å². The van der Waals surface area contributed by atoms with Crippen LogP contribution < -0.4 is 14.8 Å². The van der Waals surface area contributed by atoms with E-state index in [1.807, 2.05) is 31.2 Å². The first kappa shape index (κ1) is 22.5. The Morgan fingerprint density at radius 2 is 1.88 bits per heavy atom. The lowest BCUT2D eigenvalue weighted by molar-refractivity contribution is 0.0991. The van der Waals surface area contributed by atoms with Crippen LogP contribution in [0, 0.1) is 0 Å². The van der Waals surface area contributed by atoms with E-state index in [-0.39, 0.29) is 17.6 Å². The van der Waals surface area contributed by atoms with Crippen molar-refractivity contribution in [3.63, 3.8) is 0 Å². The van der Waals surface area contributed by atoms with Crippen LogP contribution in [-0.4, -0.2) is 13.0 Å². The van der Waals surface area contributed by atoms with E-state index >= 15 is 0 Å². The van der Waals surface area contributed by atoms with Gasteiger partial charge in [-0.05, 0) is 81.9 Å². The van der Waals surface area contributed by atoms with Gasteiger partial charge in [-0.15, -0.1) is 0 Å². The fraction of sp³-hybridized carbons (Fsp3) is 0.346. The highest BCUT2D eigenvalue weighted by Crippen LogP contribution is 2.41. The van der Waals surface area contributed by atoms with Crippen LogP contribution in [0.4, 0.5) is 5.69 Å². The standard InChI is InChI=1S/C26H28BrNO4/c1-5-17-7-6-8-22(30-4)24(17)28-25(29)23-14-21(27)26(32-23)31-18-11-12-19-15(2)9-10-16(3)20(19)13-18/h6-8,11-16H,5,9-10H2,1-4H3,(H,28,29). The van der Waals surface area contributed by atoms with Crippen LogP contribution in [0.2, 0.25) is 0 Å². The lowest BCUT2D eigenvalue weighted by atomic mass is 9.78. The number of nitrogens with one attached hydrogen (secondary N) is 1. The Morgan fingerprint density at radius 1 is 1.12 bits per heavy atom. The van der Waals surface area contributed by atoms with E-state index in [4.69, 9.17) is 13.9 Å². The first-order valence-electron chi connectivity index (χ1n) is 11.0. The molecule has 0 bridgehead atoms. The highest BCUT2D eigenvalue weighted by atomic mass is 79.9. The second-order valence-electron chi connectivity index (χ2n) is 8.32. The summed E-state index contributed by atoms with van der Waals surface area (Å²) < 4.78 is 17.8. The van der Waals surface area contributed by atoms with Gasteiger partial charge in [0.2, 0.25) is 0 Å². The van der Waals surface area contributed by atoms with Crippen LogP contribution in [-0.2, 0) is 6.42 Å². The van der Waals surface area contributed by atoms with Gasteiger partial charge >= 0.3 is 5.95 Å². The van der Waals surface area contributed by atoms with E-state index in [0.717, 1.165) is 12.0 Å². The number of carbonyl (C=O) groups is 1. The number of aryl methyl sites for hydroxylation is 1. The summed E-state index contributed by atoms with van der Waals surface area (Å²) in [4.78, 5) is 12.9. The molecule has 5 nitrogen and oxygen atoms in total. The van der Waals surface area contributed by atoms with Crippen LogP contribution in [0.5, 0.6) is 17.4 Å². The van der Waals surface area contributed by atoms with Gasteiger partial charge in [0.05, 0.1) is 12.8 Å². The van der Waals surface area contributed by atoms with Crippen LogP contribution in [0.1, 0.15) is 72.7 Å². The normalized spacial score (nSPS) is 17.5. The molecule has 2 aromatic carbocycles. The van der Waals surface area contributed by atoms with Crippen molar-refractivity contribution in [3.8, 4) is 17.4 Å². The SMILES string of the molecule is CCc1cccc(OC)c1NC(=O)c1cc(Br)c(Oc2ccc3c(c2)C(C)CCC3C)o1. The number of fused-ring (bicyclic) bond motifs is 1. The summed E-state index contributed by atoms with van der Waals surface area (Å²) in [5, 5.41) is 2.92. The Kier molecular flexibility index (Phi) is 6.60. The highest BCUT2D eigenvalue weighted by Gasteiger charge is 2.24. The van der Waals surface area contributed by atoms with Gasteiger partial charge < -0.3 is 19.2 Å². The van der Waals surface area contributed by atoms with E-state index in [9.17, 15) is 4.79 Å². The van der Waals surface area contributed by atoms with Crippen LogP contribution in [0.3, 0.4) is 0 Å². The molecule has 2 atom stereocenters. The maximum atomic E-state index is 12.9. The quantitative estimate of drug-likeness (QED) is 0.379. The van der Waals surface area contributed by atoms with Gasteiger partial charge in [-0.3, -0.25) is 4.79 Å². The molecule has 0 aliphatic heterocycles. The number of hydrogen-bond donors (Lipinski definition) is 1. The van der Waals surface area contributed by atoms with Crippen molar-refractivity contribution in [2.75, 3.05) is 12.4 Å². The zero-order valence-electron chi connectivity index (χ0n) is 18.8. The van der Waals surface area contributed by atoms with E-state index in [1.54, 1.807) is 13.2 Å². The van der Waals surface area contributed by atoms with Crippen LogP contribution in [0.25, 0.3) is 0 Å². The fourth-order valence-electron chi connectivity index (χ4n) is 4.30. The summed E-state index contributed by atoms with van der Waals surface area (Å²) in [5.74, 6) is 2.40. The lowest BCUT2D eigenvalue weighted by Crippen LogP contribution is -2.13. The molecule has 1 aliphatic carbocycles. The second kappa shape index (κ2) is 9.41. The van der Waals surface area contributed by atoms with Gasteiger partial charge in [0, 0.05) is 6.07 Å². The summed E-state index contributed by atoms with van der Waals surface area (Å²) in [7, 11) is 1.58. The molecule has 0 saturated carbocycles. The summed E-state index contributed by atoms with van der Waals surface area (Å²) in [6, 6.07) is 13.5. The van der Waals surface area contributed by atoms with Crippen molar-refractivity contribution in [3.05, 3.63) is 69.4 Å².